The summed E-state index contributed by atoms with van der Waals surface area (Å²) in [7, 11) is 0. The molecule has 1 aromatic heterocycles. The lowest BCUT2D eigenvalue weighted by atomic mass is 10.1. The minimum atomic E-state index is -0.770. The van der Waals surface area contributed by atoms with Crippen LogP contribution in [-0.4, -0.2) is 15.8 Å². The second kappa shape index (κ2) is 5.96. The highest BCUT2D eigenvalue weighted by Gasteiger charge is 2.21. The number of pyridine rings is 1. The second-order valence-electron chi connectivity index (χ2n) is 4.14. The molecule has 108 valence electrons. The van der Waals surface area contributed by atoms with Crippen molar-refractivity contribution in [1.82, 2.24) is 4.98 Å². The van der Waals surface area contributed by atoms with Crippen LogP contribution < -0.4 is 5.32 Å². The van der Waals surface area contributed by atoms with Gasteiger partial charge in [-0.3, -0.25) is 14.9 Å². The lowest BCUT2D eigenvalue weighted by Gasteiger charge is -2.08. The monoisotopic (exact) mass is 353 g/mol. The molecule has 0 spiro atoms. The fourth-order valence-electron chi connectivity index (χ4n) is 1.70. The summed E-state index contributed by atoms with van der Waals surface area (Å²) >= 11 is 3.18. The third-order valence-corrected chi connectivity index (χ3v) is 3.14. The minimum absolute atomic E-state index is 0.345. The summed E-state index contributed by atoms with van der Waals surface area (Å²) < 4.78 is 13.8. The molecule has 0 aliphatic rings. The molecule has 0 bridgehead atoms. The maximum atomic E-state index is 13.2. The zero-order chi connectivity index (χ0) is 15.6. The molecule has 0 fully saturated rings. The summed E-state index contributed by atoms with van der Waals surface area (Å²) in [6.45, 7) is 1.67. The minimum Gasteiger partial charge on any atom is -0.320 e. The number of nitro benzene ring substituents is 1. The van der Waals surface area contributed by atoms with Gasteiger partial charge in [-0.2, -0.15) is 0 Å². The Morgan fingerprint density at radius 2 is 2.10 bits per heavy atom. The van der Waals surface area contributed by atoms with Gasteiger partial charge in [0.05, 0.1) is 16.3 Å². The van der Waals surface area contributed by atoms with Crippen molar-refractivity contribution < 1.29 is 14.1 Å². The normalized spacial score (nSPS) is 10.2. The van der Waals surface area contributed by atoms with Crippen LogP contribution in [0.3, 0.4) is 0 Å². The number of hydrogen-bond donors (Lipinski definition) is 1. The molecule has 2 rings (SSSR count). The fourth-order valence-corrected chi connectivity index (χ4v) is 2.10. The first-order valence-corrected chi connectivity index (χ1v) is 6.56. The Labute approximate surface area is 127 Å². The number of rotatable bonds is 3. The number of nitrogens with one attached hydrogen (secondary N) is 1. The van der Waals surface area contributed by atoms with Gasteiger partial charge in [-0.25, -0.2) is 9.37 Å². The first kappa shape index (κ1) is 15.0. The fraction of sp³-hybridized carbons (Fsp3) is 0.0769. The number of hydrogen-bond acceptors (Lipinski definition) is 4. The largest absolute Gasteiger partial charge is 0.320 e. The molecule has 0 saturated heterocycles. The third-order valence-electron chi connectivity index (χ3n) is 2.70. The SMILES string of the molecule is Cc1nc(Br)ccc1NC(=O)c1cc(F)ccc1[N+](=O)[O-]. The summed E-state index contributed by atoms with van der Waals surface area (Å²) in [4.78, 5) is 26.3. The Bertz CT molecular complexity index is 737. The van der Waals surface area contributed by atoms with Gasteiger partial charge in [0, 0.05) is 6.07 Å². The molecule has 1 amide bonds. The quantitative estimate of drug-likeness (QED) is 0.520. The number of nitro groups is 1. The van der Waals surface area contributed by atoms with Gasteiger partial charge in [0.1, 0.15) is 16.0 Å². The Morgan fingerprint density at radius 1 is 1.38 bits per heavy atom. The number of halogens is 2. The lowest BCUT2D eigenvalue weighted by molar-refractivity contribution is -0.385. The maximum absolute atomic E-state index is 13.2. The summed E-state index contributed by atoms with van der Waals surface area (Å²) in [6.07, 6.45) is 0. The average molecular weight is 354 g/mol. The van der Waals surface area contributed by atoms with Crippen molar-refractivity contribution in [2.45, 2.75) is 6.92 Å². The van der Waals surface area contributed by atoms with Crippen LogP contribution in [-0.2, 0) is 0 Å². The molecular weight excluding hydrogens is 345 g/mol. The maximum Gasteiger partial charge on any atom is 0.282 e. The van der Waals surface area contributed by atoms with E-state index in [1.54, 1.807) is 19.1 Å². The molecule has 6 nitrogen and oxygen atoms in total. The van der Waals surface area contributed by atoms with E-state index in [0.717, 1.165) is 18.2 Å². The van der Waals surface area contributed by atoms with Gasteiger partial charge in [0.2, 0.25) is 0 Å². The number of benzene rings is 1. The van der Waals surface area contributed by atoms with Gasteiger partial charge in [-0.15, -0.1) is 0 Å². The predicted octanol–water partition coefficient (Wildman–Crippen LogP) is 3.45. The summed E-state index contributed by atoms with van der Waals surface area (Å²) in [5.74, 6) is -1.50. The van der Waals surface area contributed by atoms with Crippen molar-refractivity contribution in [1.29, 1.82) is 0 Å². The van der Waals surface area contributed by atoms with Crippen molar-refractivity contribution >= 4 is 33.2 Å². The van der Waals surface area contributed by atoms with Crippen LogP contribution in [0, 0.1) is 22.9 Å². The molecule has 0 aliphatic heterocycles. The van der Waals surface area contributed by atoms with E-state index >= 15 is 0 Å². The van der Waals surface area contributed by atoms with Crippen molar-refractivity contribution in [2.75, 3.05) is 5.32 Å². The predicted molar refractivity (Wildman–Crippen MR) is 77.7 cm³/mol. The van der Waals surface area contributed by atoms with Crippen molar-refractivity contribution in [3.05, 3.63) is 62.1 Å². The topological polar surface area (TPSA) is 85.1 Å². The zero-order valence-corrected chi connectivity index (χ0v) is 12.3. The number of aryl methyl sites for hydroxylation is 1. The second-order valence-corrected chi connectivity index (χ2v) is 4.95. The van der Waals surface area contributed by atoms with Crippen molar-refractivity contribution in [3.8, 4) is 0 Å². The van der Waals surface area contributed by atoms with E-state index in [9.17, 15) is 19.3 Å². The summed E-state index contributed by atoms with van der Waals surface area (Å²) in [6, 6.07) is 5.92. The molecule has 21 heavy (non-hydrogen) atoms. The number of carbonyl (C=O) groups excluding carboxylic acids is 1. The van der Waals surface area contributed by atoms with E-state index < -0.39 is 22.3 Å². The number of anilines is 1. The standard InChI is InChI=1S/C13H9BrFN3O3/c1-7-10(3-5-12(14)16-7)17-13(19)9-6-8(15)2-4-11(9)18(20)21/h2-6H,1H3,(H,17,19). The highest BCUT2D eigenvalue weighted by molar-refractivity contribution is 9.10. The van der Waals surface area contributed by atoms with Crippen LogP contribution in [0.2, 0.25) is 0 Å². The Morgan fingerprint density at radius 3 is 2.71 bits per heavy atom. The van der Waals surface area contributed by atoms with Gasteiger partial charge >= 0.3 is 0 Å². The van der Waals surface area contributed by atoms with Crippen molar-refractivity contribution in [3.63, 3.8) is 0 Å². The Kier molecular flexibility index (Phi) is 4.27. The lowest BCUT2D eigenvalue weighted by Crippen LogP contribution is -2.15. The zero-order valence-electron chi connectivity index (χ0n) is 10.8. The van der Waals surface area contributed by atoms with Crippen LogP contribution in [0.1, 0.15) is 16.1 Å². The van der Waals surface area contributed by atoms with Crippen LogP contribution >= 0.6 is 15.9 Å². The first-order chi connectivity index (χ1) is 9.88. The molecular formula is C13H9BrFN3O3. The van der Waals surface area contributed by atoms with Gasteiger partial charge in [0.25, 0.3) is 11.6 Å². The molecule has 1 aromatic carbocycles. The molecule has 1 N–H and O–H groups in total. The highest BCUT2D eigenvalue weighted by atomic mass is 79.9. The molecule has 8 heteroatoms. The molecule has 0 unspecified atom stereocenters. The smallest absolute Gasteiger partial charge is 0.282 e. The van der Waals surface area contributed by atoms with Crippen molar-refractivity contribution in [2.24, 2.45) is 0 Å². The number of aromatic nitrogens is 1. The molecule has 2 aromatic rings. The Balaban J connectivity index is 2.36. The van der Waals surface area contributed by atoms with Gasteiger partial charge < -0.3 is 5.32 Å². The van der Waals surface area contributed by atoms with E-state index in [-0.39, 0.29) is 5.56 Å². The molecule has 0 radical (unpaired) electrons. The van der Waals surface area contributed by atoms with Crippen LogP contribution in [0.15, 0.2) is 34.9 Å². The highest BCUT2D eigenvalue weighted by Crippen LogP contribution is 2.22. The van der Waals surface area contributed by atoms with Crippen LogP contribution in [0.5, 0.6) is 0 Å². The number of nitrogens with zero attached hydrogens (tertiary/aromatic N) is 2. The molecule has 0 atom stereocenters. The third kappa shape index (κ3) is 3.40. The first-order valence-electron chi connectivity index (χ1n) is 5.77. The number of amides is 1. The average Bonchev–Trinajstić information content (AvgIpc) is 2.41. The Hall–Kier alpha value is -2.35. The molecule has 1 heterocycles. The molecule has 0 saturated carbocycles. The summed E-state index contributed by atoms with van der Waals surface area (Å²) in [5, 5.41) is 13.4. The molecule has 0 aliphatic carbocycles. The van der Waals surface area contributed by atoms with Crippen LogP contribution in [0.25, 0.3) is 0 Å². The number of carbonyl (C=O) groups is 1. The van der Waals surface area contributed by atoms with E-state index in [1.807, 2.05) is 0 Å². The van der Waals surface area contributed by atoms with Gasteiger partial charge in [-0.1, -0.05) is 0 Å². The van der Waals surface area contributed by atoms with Gasteiger partial charge in [-0.05, 0) is 47.1 Å². The summed E-state index contributed by atoms with van der Waals surface area (Å²) in [5.41, 5.74) is 0.109. The van der Waals surface area contributed by atoms with E-state index in [0.29, 0.717) is 16.0 Å². The van der Waals surface area contributed by atoms with E-state index in [2.05, 4.69) is 26.2 Å². The van der Waals surface area contributed by atoms with E-state index in [4.69, 9.17) is 0 Å². The van der Waals surface area contributed by atoms with Gasteiger partial charge in [0.15, 0.2) is 0 Å². The van der Waals surface area contributed by atoms with E-state index in [1.165, 1.54) is 0 Å². The van der Waals surface area contributed by atoms with Crippen LogP contribution in [0.4, 0.5) is 15.8 Å².